The molecule has 2 saturated heterocycles. The number of hydrogen-bond acceptors (Lipinski definition) is 5. The maximum atomic E-state index is 13.6. The van der Waals surface area contributed by atoms with Gasteiger partial charge in [0.1, 0.15) is 0 Å². The van der Waals surface area contributed by atoms with Gasteiger partial charge < -0.3 is 20.9 Å². The number of carbonyl (C=O) groups excluding carboxylic acids is 2. The van der Waals surface area contributed by atoms with Crippen LogP contribution < -0.4 is 20.9 Å². The molecule has 2 fully saturated rings. The fraction of sp³-hybridized carbons (Fsp3) is 0.297. The molecule has 232 valence electrons. The number of hydrogen-bond donors (Lipinski definition) is 2. The monoisotopic (exact) mass is 602 g/mol. The average Bonchev–Trinajstić information content (AvgIpc) is 3.10. The van der Waals surface area contributed by atoms with Crippen LogP contribution in [0.2, 0.25) is 0 Å². The second kappa shape index (κ2) is 14.0. The second-order valence-electron chi connectivity index (χ2n) is 11.8. The van der Waals surface area contributed by atoms with Gasteiger partial charge in [0.2, 0.25) is 0 Å². The van der Waals surface area contributed by atoms with Crippen LogP contribution in [0.15, 0.2) is 109 Å². The molecule has 0 radical (unpaired) electrons. The molecule has 0 unspecified atom stereocenters. The first-order chi connectivity index (χ1) is 22.0. The summed E-state index contributed by atoms with van der Waals surface area (Å²) in [4.78, 5) is 35.2. The van der Waals surface area contributed by atoms with Crippen LogP contribution in [0.25, 0.3) is 0 Å². The lowest BCUT2D eigenvalue weighted by molar-refractivity contribution is 0.0736. The van der Waals surface area contributed by atoms with Gasteiger partial charge in [0.15, 0.2) is 0 Å². The standard InChI is InChI=1S/C37H42N6O2/c1-28(29-11-5-2-6-12-29)43(37(38)45)34-27-32(36(44)42-21-19-39-20-22-42)17-18-33(34)40-23-25-41(26-24-40)35(30-13-7-3-8-14-30)31-15-9-4-10-16-31/h2-18,27-28,35,39H,19-26H2,1H3,(H2,38,45)/t28-/m0/s1. The van der Waals surface area contributed by atoms with Crippen molar-refractivity contribution in [1.29, 1.82) is 0 Å². The molecule has 3 amide bonds. The summed E-state index contributed by atoms with van der Waals surface area (Å²) in [6, 6.07) is 36.3. The Balaban J connectivity index is 1.32. The van der Waals surface area contributed by atoms with Crippen LogP contribution in [0.3, 0.4) is 0 Å². The molecule has 8 nitrogen and oxygen atoms in total. The van der Waals surface area contributed by atoms with Crippen LogP contribution in [-0.4, -0.2) is 74.1 Å². The molecule has 2 aliphatic heterocycles. The molecule has 8 heteroatoms. The summed E-state index contributed by atoms with van der Waals surface area (Å²) in [6.07, 6.45) is 0. The van der Waals surface area contributed by atoms with E-state index in [1.807, 2.05) is 60.4 Å². The Morgan fingerprint density at radius 2 is 1.24 bits per heavy atom. The van der Waals surface area contributed by atoms with Crippen LogP contribution in [0.5, 0.6) is 0 Å². The highest BCUT2D eigenvalue weighted by molar-refractivity contribution is 6.00. The molecule has 45 heavy (non-hydrogen) atoms. The Bertz CT molecular complexity index is 1530. The predicted molar refractivity (Wildman–Crippen MR) is 181 cm³/mol. The molecule has 0 aromatic heterocycles. The Hall–Kier alpha value is -4.66. The SMILES string of the molecule is C[C@@H](c1ccccc1)N(C(N)=O)c1cc(C(=O)N2CCNCC2)ccc1N1CCN(C(c2ccccc2)c2ccccc2)CC1. The average molecular weight is 603 g/mol. The lowest BCUT2D eigenvalue weighted by Gasteiger charge is -2.42. The zero-order valence-electron chi connectivity index (χ0n) is 25.9. The van der Waals surface area contributed by atoms with Crippen molar-refractivity contribution in [3.63, 3.8) is 0 Å². The van der Waals surface area contributed by atoms with Gasteiger partial charge in [-0.25, -0.2) is 4.79 Å². The Morgan fingerprint density at radius 3 is 1.78 bits per heavy atom. The second-order valence-corrected chi connectivity index (χ2v) is 11.8. The van der Waals surface area contributed by atoms with Gasteiger partial charge in [-0.05, 0) is 41.8 Å². The van der Waals surface area contributed by atoms with E-state index in [0.717, 1.165) is 50.5 Å². The molecule has 0 bridgehead atoms. The molecular formula is C37H42N6O2. The summed E-state index contributed by atoms with van der Waals surface area (Å²) in [5.74, 6) is -0.0283. The first-order valence-corrected chi connectivity index (χ1v) is 15.9. The van der Waals surface area contributed by atoms with Gasteiger partial charge in [-0.2, -0.15) is 0 Å². The van der Waals surface area contributed by atoms with E-state index in [1.54, 1.807) is 4.90 Å². The van der Waals surface area contributed by atoms with Crippen LogP contribution >= 0.6 is 0 Å². The van der Waals surface area contributed by atoms with Gasteiger partial charge in [-0.15, -0.1) is 0 Å². The first kappa shape index (κ1) is 30.4. The Morgan fingerprint density at radius 1 is 0.711 bits per heavy atom. The maximum absolute atomic E-state index is 13.6. The van der Waals surface area contributed by atoms with Crippen molar-refractivity contribution in [3.8, 4) is 0 Å². The molecular weight excluding hydrogens is 560 g/mol. The fourth-order valence-electron chi connectivity index (χ4n) is 6.67. The molecule has 4 aromatic rings. The van der Waals surface area contributed by atoms with E-state index >= 15 is 0 Å². The van der Waals surface area contributed by atoms with Crippen molar-refractivity contribution in [2.45, 2.75) is 19.0 Å². The summed E-state index contributed by atoms with van der Waals surface area (Å²) in [7, 11) is 0. The number of benzene rings is 4. The minimum atomic E-state index is -0.550. The topological polar surface area (TPSA) is 85.1 Å². The third-order valence-electron chi connectivity index (χ3n) is 9.04. The number of carbonyl (C=O) groups is 2. The molecule has 3 N–H and O–H groups in total. The van der Waals surface area contributed by atoms with E-state index in [9.17, 15) is 9.59 Å². The van der Waals surface area contributed by atoms with Crippen LogP contribution in [-0.2, 0) is 0 Å². The van der Waals surface area contributed by atoms with Gasteiger partial charge in [0.05, 0.1) is 23.5 Å². The molecule has 2 heterocycles. The molecule has 6 rings (SSSR count). The highest BCUT2D eigenvalue weighted by Gasteiger charge is 2.31. The Kier molecular flexibility index (Phi) is 9.43. The maximum Gasteiger partial charge on any atom is 0.319 e. The van der Waals surface area contributed by atoms with Crippen molar-refractivity contribution in [3.05, 3.63) is 131 Å². The number of rotatable bonds is 8. The predicted octanol–water partition coefficient (Wildman–Crippen LogP) is 5.29. The highest BCUT2D eigenvalue weighted by Crippen LogP contribution is 2.38. The number of urea groups is 1. The van der Waals surface area contributed by atoms with E-state index in [1.165, 1.54) is 11.1 Å². The smallest absolute Gasteiger partial charge is 0.319 e. The summed E-state index contributed by atoms with van der Waals surface area (Å²) >= 11 is 0. The van der Waals surface area contributed by atoms with Crippen molar-refractivity contribution < 1.29 is 9.59 Å². The van der Waals surface area contributed by atoms with E-state index in [4.69, 9.17) is 5.73 Å². The van der Waals surface area contributed by atoms with Gasteiger partial charge in [-0.3, -0.25) is 14.6 Å². The minimum Gasteiger partial charge on any atom is -0.367 e. The lowest BCUT2D eigenvalue weighted by Crippen LogP contribution is -2.49. The normalized spacial score (nSPS) is 16.4. The quantitative estimate of drug-likeness (QED) is 0.286. The van der Waals surface area contributed by atoms with Crippen molar-refractivity contribution in [2.75, 3.05) is 62.2 Å². The van der Waals surface area contributed by atoms with Crippen molar-refractivity contribution in [2.24, 2.45) is 5.73 Å². The largest absolute Gasteiger partial charge is 0.367 e. The number of nitrogens with one attached hydrogen (secondary N) is 1. The van der Waals surface area contributed by atoms with E-state index in [-0.39, 0.29) is 18.0 Å². The van der Waals surface area contributed by atoms with Gasteiger partial charge >= 0.3 is 6.03 Å². The van der Waals surface area contributed by atoms with Gasteiger partial charge in [-0.1, -0.05) is 91.0 Å². The van der Waals surface area contributed by atoms with E-state index in [0.29, 0.717) is 24.3 Å². The molecule has 1 atom stereocenters. The number of nitrogens with two attached hydrogens (primary N) is 1. The molecule has 0 aliphatic carbocycles. The highest BCUT2D eigenvalue weighted by atomic mass is 16.2. The number of piperazine rings is 2. The molecule has 4 aromatic carbocycles. The van der Waals surface area contributed by atoms with E-state index < -0.39 is 6.03 Å². The molecule has 0 saturated carbocycles. The number of amides is 3. The summed E-state index contributed by atoms with van der Waals surface area (Å²) in [5, 5.41) is 3.31. The molecule has 0 spiro atoms. The fourth-order valence-corrected chi connectivity index (χ4v) is 6.67. The summed E-state index contributed by atoms with van der Waals surface area (Å²) in [6.45, 7) is 8.03. The molecule has 2 aliphatic rings. The van der Waals surface area contributed by atoms with Crippen molar-refractivity contribution >= 4 is 23.3 Å². The lowest BCUT2D eigenvalue weighted by atomic mass is 9.96. The Labute approximate surface area is 266 Å². The summed E-state index contributed by atoms with van der Waals surface area (Å²) in [5.41, 5.74) is 11.8. The van der Waals surface area contributed by atoms with Crippen molar-refractivity contribution in [1.82, 2.24) is 15.1 Å². The van der Waals surface area contributed by atoms with Crippen LogP contribution in [0, 0.1) is 0 Å². The summed E-state index contributed by atoms with van der Waals surface area (Å²) < 4.78 is 0. The van der Waals surface area contributed by atoms with Gasteiger partial charge in [0, 0.05) is 57.9 Å². The van der Waals surface area contributed by atoms with Crippen LogP contribution in [0.1, 0.15) is 46.1 Å². The van der Waals surface area contributed by atoms with Gasteiger partial charge in [0.25, 0.3) is 5.91 Å². The zero-order chi connectivity index (χ0) is 31.2. The third-order valence-corrected chi connectivity index (χ3v) is 9.04. The third kappa shape index (κ3) is 6.72. The number of anilines is 2. The van der Waals surface area contributed by atoms with E-state index in [2.05, 4.69) is 75.8 Å². The van der Waals surface area contributed by atoms with Crippen LogP contribution in [0.4, 0.5) is 16.2 Å². The minimum absolute atomic E-state index is 0.0283. The zero-order valence-corrected chi connectivity index (χ0v) is 25.9. The number of nitrogens with zero attached hydrogens (tertiary/aromatic N) is 4. The number of primary amides is 1. The first-order valence-electron chi connectivity index (χ1n) is 15.9.